The molecule has 0 aliphatic carbocycles. The second-order valence-electron chi connectivity index (χ2n) is 12.0. The Labute approximate surface area is 282 Å². The van der Waals surface area contributed by atoms with E-state index in [0.29, 0.717) is 5.56 Å². The number of benzene rings is 6. The summed E-state index contributed by atoms with van der Waals surface area (Å²) in [4.78, 5) is 15.4. The fourth-order valence-electron chi connectivity index (χ4n) is 6.42. The number of aromatic nitrogens is 3. The van der Waals surface area contributed by atoms with Gasteiger partial charge in [0, 0.05) is 33.0 Å². The molecule has 0 saturated carbocycles. The highest BCUT2D eigenvalue weighted by Gasteiger charge is 2.17. The monoisotopic (exact) mass is 626 g/mol. The molecule has 0 atom stereocenters. The fourth-order valence-corrected chi connectivity index (χ4v) is 6.42. The van der Waals surface area contributed by atoms with Gasteiger partial charge in [-0.1, -0.05) is 103 Å². The van der Waals surface area contributed by atoms with Gasteiger partial charge in [-0.25, -0.2) is 15.0 Å². The van der Waals surface area contributed by atoms with Gasteiger partial charge in [0.05, 0.1) is 45.4 Å². The van der Waals surface area contributed by atoms with Crippen LogP contribution in [0.4, 0.5) is 0 Å². The van der Waals surface area contributed by atoms with E-state index in [9.17, 15) is 5.26 Å². The van der Waals surface area contributed by atoms with Crippen LogP contribution in [0.2, 0.25) is 0 Å². The average Bonchev–Trinajstić information content (AvgIpc) is 3.56. The fraction of sp³-hybridized carbons (Fsp3) is 0. The number of fused-ring (bicyclic) bond motifs is 4. The van der Waals surface area contributed by atoms with Gasteiger partial charge >= 0.3 is 0 Å². The van der Waals surface area contributed by atoms with Crippen molar-refractivity contribution >= 4 is 33.0 Å². The third-order valence-electron chi connectivity index (χ3n) is 8.92. The van der Waals surface area contributed by atoms with Gasteiger partial charge in [0.15, 0.2) is 0 Å². The first-order valence-corrected chi connectivity index (χ1v) is 16.1. The lowest BCUT2D eigenvalue weighted by molar-refractivity contribution is 0.669. The first kappa shape index (κ1) is 28.3. The minimum atomic E-state index is 0.595. The predicted octanol–water partition coefficient (Wildman–Crippen LogP) is 11.1. The molecule has 0 spiro atoms. The van der Waals surface area contributed by atoms with Gasteiger partial charge < -0.3 is 4.42 Å². The molecule has 0 aliphatic rings. The summed E-state index contributed by atoms with van der Waals surface area (Å²) in [5.74, 6) is 0. The minimum absolute atomic E-state index is 0.595. The number of pyridine rings is 1. The molecule has 0 saturated heterocycles. The van der Waals surface area contributed by atoms with E-state index in [1.807, 2.05) is 91.0 Å². The van der Waals surface area contributed by atoms with Crippen LogP contribution in [0, 0.1) is 11.3 Å². The highest BCUT2D eigenvalue weighted by molar-refractivity contribution is 6.06. The molecule has 6 aromatic carbocycles. The van der Waals surface area contributed by atoms with Crippen LogP contribution in [-0.4, -0.2) is 15.0 Å². The van der Waals surface area contributed by atoms with Gasteiger partial charge in [0.25, 0.3) is 0 Å². The second-order valence-corrected chi connectivity index (χ2v) is 12.0. The molecule has 0 fully saturated rings. The lowest BCUT2D eigenvalue weighted by atomic mass is 9.97. The van der Waals surface area contributed by atoms with E-state index in [0.717, 1.165) is 89.1 Å². The molecule has 3 aromatic heterocycles. The number of nitrogens with zero attached hydrogens (tertiary/aromatic N) is 4. The number of hydrogen-bond donors (Lipinski definition) is 0. The topological polar surface area (TPSA) is 75.6 Å². The van der Waals surface area contributed by atoms with Crippen molar-refractivity contribution in [3.05, 3.63) is 163 Å². The lowest BCUT2D eigenvalue weighted by Crippen LogP contribution is -1.98. The largest absolute Gasteiger partial charge is 0.456 e. The average molecular weight is 627 g/mol. The third kappa shape index (κ3) is 5.18. The van der Waals surface area contributed by atoms with E-state index in [-0.39, 0.29) is 0 Å². The van der Waals surface area contributed by atoms with Crippen LogP contribution in [0.25, 0.3) is 89.1 Å². The Morgan fingerprint density at radius 2 is 0.959 bits per heavy atom. The zero-order chi connectivity index (χ0) is 32.7. The quantitative estimate of drug-likeness (QED) is 0.190. The van der Waals surface area contributed by atoms with Crippen LogP contribution >= 0.6 is 0 Å². The van der Waals surface area contributed by atoms with Gasteiger partial charge in [0.1, 0.15) is 11.2 Å². The smallest absolute Gasteiger partial charge is 0.135 e. The lowest BCUT2D eigenvalue weighted by Gasteiger charge is -2.14. The molecule has 0 N–H and O–H groups in total. The first-order valence-electron chi connectivity index (χ1n) is 16.1. The molecule has 3 heterocycles. The molecule has 0 aliphatic heterocycles. The summed E-state index contributed by atoms with van der Waals surface area (Å²) in [5, 5.41) is 11.6. The molecular weight excluding hydrogens is 601 g/mol. The van der Waals surface area contributed by atoms with Gasteiger partial charge in [0.2, 0.25) is 0 Å². The molecule has 5 nitrogen and oxygen atoms in total. The van der Waals surface area contributed by atoms with Crippen molar-refractivity contribution in [3.63, 3.8) is 0 Å². The van der Waals surface area contributed by atoms with E-state index in [1.165, 1.54) is 0 Å². The summed E-state index contributed by atoms with van der Waals surface area (Å²) in [6.07, 6.45) is 0. The molecule has 9 aromatic rings. The van der Waals surface area contributed by atoms with Crippen molar-refractivity contribution in [1.82, 2.24) is 15.0 Å². The number of para-hydroxylation sites is 3. The summed E-state index contributed by atoms with van der Waals surface area (Å²) in [6, 6.07) is 55.0. The zero-order valence-electron chi connectivity index (χ0n) is 26.2. The number of hydrogen-bond acceptors (Lipinski definition) is 5. The molecule has 228 valence electrons. The standard InChI is InChI=1S/C44H26N4O/c45-27-28-14-16-32(17-15-28)43-44(48-38-12-6-5-11-37(38)47-43)34-25-39(30-8-2-1-3-9-30)46-40(26-34)31-20-18-29(19-21-31)33-22-23-42-36(24-33)35-10-4-7-13-41(35)49-42/h1-26H. The Balaban J connectivity index is 1.19. The molecule has 0 bridgehead atoms. The number of rotatable bonds is 5. The van der Waals surface area contributed by atoms with E-state index in [2.05, 4.69) is 72.8 Å². The van der Waals surface area contributed by atoms with Crippen LogP contribution in [0.5, 0.6) is 0 Å². The van der Waals surface area contributed by atoms with Crippen molar-refractivity contribution in [2.24, 2.45) is 0 Å². The second kappa shape index (κ2) is 11.7. The van der Waals surface area contributed by atoms with E-state index in [1.54, 1.807) is 0 Å². The highest BCUT2D eigenvalue weighted by atomic mass is 16.3. The molecule has 49 heavy (non-hydrogen) atoms. The minimum Gasteiger partial charge on any atom is -0.456 e. The van der Waals surface area contributed by atoms with Crippen LogP contribution < -0.4 is 0 Å². The SMILES string of the molecule is N#Cc1ccc(-c2nc3ccccc3nc2-c2cc(-c3ccccc3)nc(-c3ccc(-c4ccc5oc6ccccc6c5c4)cc3)c2)cc1. The summed E-state index contributed by atoms with van der Waals surface area (Å²) < 4.78 is 6.06. The first-order chi connectivity index (χ1) is 24.2. The van der Waals surface area contributed by atoms with Crippen molar-refractivity contribution in [2.75, 3.05) is 0 Å². The summed E-state index contributed by atoms with van der Waals surface area (Å²) in [5.41, 5.74) is 13.2. The normalized spacial score (nSPS) is 11.2. The van der Waals surface area contributed by atoms with Crippen LogP contribution in [0.3, 0.4) is 0 Å². The maximum atomic E-state index is 9.41. The third-order valence-corrected chi connectivity index (χ3v) is 8.92. The molecule has 9 rings (SSSR count). The van der Waals surface area contributed by atoms with Gasteiger partial charge in [-0.3, -0.25) is 0 Å². The predicted molar refractivity (Wildman–Crippen MR) is 197 cm³/mol. The summed E-state index contributed by atoms with van der Waals surface area (Å²) in [7, 11) is 0. The molecular formula is C44H26N4O. The maximum Gasteiger partial charge on any atom is 0.135 e. The van der Waals surface area contributed by atoms with Crippen molar-refractivity contribution in [3.8, 4) is 62.2 Å². The van der Waals surface area contributed by atoms with Crippen molar-refractivity contribution < 1.29 is 4.42 Å². The van der Waals surface area contributed by atoms with E-state index < -0.39 is 0 Å². The van der Waals surface area contributed by atoms with E-state index in [4.69, 9.17) is 19.4 Å². The van der Waals surface area contributed by atoms with Gasteiger partial charge in [-0.2, -0.15) is 5.26 Å². The van der Waals surface area contributed by atoms with Gasteiger partial charge in [-0.15, -0.1) is 0 Å². The molecule has 0 radical (unpaired) electrons. The van der Waals surface area contributed by atoms with Crippen molar-refractivity contribution in [2.45, 2.75) is 0 Å². The number of nitriles is 1. The number of furan rings is 1. The summed E-state index contributed by atoms with van der Waals surface area (Å²) in [6.45, 7) is 0. The Hall–Kier alpha value is -6.90. The highest BCUT2D eigenvalue weighted by Crippen LogP contribution is 2.37. The molecule has 5 heteroatoms. The Morgan fingerprint density at radius 3 is 1.67 bits per heavy atom. The van der Waals surface area contributed by atoms with Crippen LogP contribution in [0.15, 0.2) is 162 Å². The van der Waals surface area contributed by atoms with E-state index >= 15 is 0 Å². The maximum absolute atomic E-state index is 9.41. The Morgan fingerprint density at radius 1 is 0.408 bits per heavy atom. The Bertz CT molecular complexity index is 2710. The molecule has 0 amide bonds. The Kier molecular flexibility index (Phi) is 6.78. The summed E-state index contributed by atoms with van der Waals surface area (Å²) >= 11 is 0. The van der Waals surface area contributed by atoms with Crippen LogP contribution in [0.1, 0.15) is 5.56 Å². The van der Waals surface area contributed by atoms with Gasteiger partial charge in [-0.05, 0) is 65.7 Å². The van der Waals surface area contributed by atoms with Crippen molar-refractivity contribution in [1.29, 1.82) is 5.26 Å². The molecule has 0 unspecified atom stereocenters. The zero-order valence-corrected chi connectivity index (χ0v) is 26.2. The van der Waals surface area contributed by atoms with Crippen LogP contribution in [-0.2, 0) is 0 Å².